The van der Waals surface area contributed by atoms with E-state index >= 15 is 0 Å². The van der Waals surface area contributed by atoms with Gasteiger partial charge in [-0.05, 0) is 30.6 Å². The molecule has 2 aliphatic rings. The standard InChI is InChI=1S/C14H28N2/c1-11-5-4-6-14(15,7-11)10-16-8-12(2)13(3)9-16/h11-13H,4-10,15H2,1-3H3. The molecule has 0 aromatic carbocycles. The number of rotatable bonds is 2. The molecule has 1 saturated heterocycles. The highest BCUT2D eigenvalue weighted by atomic mass is 15.2. The van der Waals surface area contributed by atoms with Crippen molar-refractivity contribution >= 4 is 0 Å². The molecule has 16 heavy (non-hydrogen) atoms. The Labute approximate surface area is 101 Å². The third-order valence-electron chi connectivity index (χ3n) is 4.73. The number of likely N-dealkylation sites (tertiary alicyclic amines) is 1. The molecule has 4 unspecified atom stereocenters. The van der Waals surface area contributed by atoms with E-state index in [0.29, 0.717) is 0 Å². The van der Waals surface area contributed by atoms with Crippen molar-refractivity contribution in [2.24, 2.45) is 23.5 Å². The minimum Gasteiger partial charge on any atom is -0.324 e. The third-order valence-corrected chi connectivity index (χ3v) is 4.73. The van der Waals surface area contributed by atoms with E-state index in [2.05, 4.69) is 25.7 Å². The molecule has 0 amide bonds. The molecule has 0 spiro atoms. The maximum absolute atomic E-state index is 6.58. The molecule has 4 atom stereocenters. The molecule has 1 aliphatic carbocycles. The Kier molecular flexibility index (Phi) is 3.60. The predicted molar refractivity (Wildman–Crippen MR) is 69.3 cm³/mol. The lowest BCUT2D eigenvalue weighted by Crippen LogP contribution is -2.52. The smallest absolute Gasteiger partial charge is 0.0285 e. The summed E-state index contributed by atoms with van der Waals surface area (Å²) in [5, 5.41) is 0. The van der Waals surface area contributed by atoms with E-state index in [-0.39, 0.29) is 5.54 Å². The van der Waals surface area contributed by atoms with Crippen molar-refractivity contribution < 1.29 is 0 Å². The van der Waals surface area contributed by atoms with Crippen molar-refractivity contribution in [3.8, 4) is 0 Å². The van der Waals surface area contributed by atoms with Crippen LogP contribution in [0.15, 0.2) is 0 Å². The fraction of sp³-hybridized carbons (Fsp3) is 1.00. The van der Waals surface area contributed by atoms with Crippen LogP contribution >= 0.6 is 0 Å². The molecule has 1 heterocycles. The van der Waals surface area contributed by atoms with E-state index in [9.17, 15) is 0 Å². The van der Waals surface area contributed by atoms with Crippen LogP contribution in [0.1, 0.15) is 46.5 Å². The SMILES string of the molecule is CC1CCCC(N)(CN2CC(C)C(C)C2)C1. The molecule has 1 saturated carbocycles. The van der Waals surface area contributed by atoms with E-state index in [4.69, 9.17) is 5.73 Å². The highest BCUT2D eigenvalue weighted by molar-refractivity contribution is 4.94. The first kappa shape index (κ1) is 12.4. The fourth-order valence-corrected chi connectivity index (χ4v) is 3.67. The summed E-state index contributed by atoms with van der Waals surface area (Å²) in [5.74, 6) is 2.53. The van der Waals surface area contributed by atoms with Gasteiger partial charge in [0.05, 0.1) is 0 Å². The van der Waals surface area contributed by atoms with Crippen molar-refractivity contribution in [3.05, 3.63) is 0 Å². The van der Waals surface area contributed by atoms with Crippen molar-refractivity contribution in [2.45, 2.75) is 52.0 Å². The van der Waals surface area contributed by atoms with Crippen molar-refractivity contribution in [2.75, 3.05) is 19.6 Å². The Bertz CT molecular complexity index is 231. The van der Waals surface area contributed by atoms with E-state index in [1.807, 2.05) is 0 Å². The lowest BCUT2D eigenvalue weighted by atomic mass is 9.77. The topological polar surface area (TPSA) is 29.3 Å². The van der Waals surface area contributed by atoms with Crippen LogP contribution in [-0.2, 0) is 0 Å². The normalized spacial score (nSPS) is 46.1. The second kappa shape index (κ2) is 4.66. The van der Waals surface area contributed by atoms with Crippen LogP contribution < -0.4 is 5.73 Å². The molecular weight excluding hydrogens is 196 g/mol. The highest BCUT2D eigenvalue weighted by Crippen LogP contribution is 2.33. The lowest BCUT2D eigenvalue weighted by Gasteiger charge is -2.39. The van der Waals surface area contributed by atoms with E-state index in [1.54, 1.807) is 0 Å². The zero-order chi connectivity index (χ0) is 11.8. The average molecular weight is 224 g/mol. The Morgan fingerprint density at radius 1 is 1.19 bits per heavy atom. The Morgan fingerprint density at radius 2 is 1.81 bits per heavy atom. The predicted octanol–water partition coefficient (Wildman–Crippen LogP) is 2.48. The molecule has 0 radical (unpaired) electrons. The molecule has 2 N–H and O–H groups in total. The average Bonchev–Trinajstić information content (AvgIpc) is 2.43. The molecule has 1 aliphatic heterocycles. The molecule has 2 nitrogen and oxygen atoms in total. The zero-order valence-electron chi connectivity index (χ0n) is 11.2. The first-order valence-corrected chi connectivity index (χ1v) is 7.00. The first-order valence-electron chi connectivity index (χ1n) is 7.00. The van der Waals surface area contributed by atoms with Gasteiger partial charge in [-0.2, -0.15) is 0 Å². The van der Waals surface area contributed by atoms with E-state index < -0.39 is 0 Å². The maximum atomic E-state index is 6.58. The number of hydrogen-bond donors (Lipinski definition) is 1. The second-order valence-corrected chi connectivity index (χ2v) is 6.71. The van der Waals surface area contributed by atoms with Crippen molar-refractivity contribution in [1.82, 2.24) is 4.90 Å². The monoisotopic (exact) mass is 224 g/mol. The third kappa shape index (κ3) is 2.78. The summed E-state index contributed by atoms with van der Waals surface area (Å²) >= 11 is 0. The summed E-state index contributed by atoms with van der Waals surface area (Å²) in [4.78, 5) is 2.60. The summed E-state index contributed by atoms with van der Waals surface area (Å²) in [6.45, 7) is 10.7. The fourth-order valence-electron chi connectivity index (χ4n) is 3.67. The van der Waals surface area contributed by atoms with E-state index in [1.165, 1.54) is 38.8 Å². The summed E-state index contributed by atoms with van der Waals surface area (Å²) in [5.41, 5.74) is 6.69. The molecule has 0 aromatic rings. The molecule has 0 aromatic heterocycles. The number of nitrogens with zero attached hydrogens (tertiary/aromatic N) is 1. The molecule has 2 fully saturated rings. The van der Waals surface area contributed by atoms with Gasteiger partial charge >= 0.3 is 0 Å². The van der Waals surface area contributed by atoms with Crippen molar-refractivity contribution in [1.29, 1.82) is 0 Å². The van der Waals surface area contributed by atoms with Crippen LogP contribution in [0.5, 0.6) is 0 Å². The van der Waals surface area contributed by atoms with Crippen LogP contribution in [0, 0.1) is 17.8 Å². The lowest BCUT2D eigenvalue weighted by molar-refractivity contribution is 0.165. The molecule has 2 heteroatoms. The Balaban J connectivity index is 1.88. The van der Waals surface area contributed by atoms with Gasteiger partial charge in [0, 0.05) is 25.2 Å². The van der Waals surface area contributed by atoms with Crippen LogP contribution in [0.3, 0.4) is 0 Å². The first-order chi connectivity index (χ1) is 7.48. The van der Waals surface area contributed by atoms with Gasteiger partial charge < -0.3 is 10.6 Å². The Morgan fingerprint density at radius 3 is 2.38 bits per heavy atom. The van der Waals surface area contributed by atoms with Crippen LogP contribution in [0.4, 0.5) is 0 Å². The Hall–Kier alpha value is -0.0800. The van der Waals surface area contributed by atoms with Crippen LogP contribution in [0.25, 0.3) is 0 Å². The van der Waals surface area contributed by atoms with E-state index in [0.717, 1.165) is 24.3 Å². The zero-order valence-corrected chi connectivity index (χ0v) is 11.2. The van der Waals surface area contributed by atoms with Crippen LogP contribution in [-0.4, -0.2) is 30.1 Å². The van der Waals surface area contributed by atoms with Gasteiger partial charge in [-0.25, -0.2) is 0 Å². The number of nitrogens with two attached hydrogens (primary N) is 1. The highest BCUT2D eigenvalue weighted by Gasteiger charge is 2.35. The van der Waals surface area contributed by atoms with Gasteiger partial charge in [-0.3, -0.25) is 0 Å². The maximum Gasteiger partial charge on any atom is 0.0285 e. The molecule has 94 valence electrons. The molecular formula is C14H28N2. The van der Waals surface area contributed by atoms with Gasteiger partial charge in [0.25, 0.3) is 0 Å². The second-order valence-electron chi connectivity index (χ2n) is 6.71. The van der Waals surface area contributed by atoms with Gasteiger partial charge in [0.1, 0.15) is 0 Å². The summed E-state index contributed by atoms with van der Waals surface area (Å²) < 4.78 is 0. The minimum atomic E-state index is 0.113. The summed E-state index contributed by atoms with van der Waals surface area (Å²) in [6, 6.07) is 0. The quantitative estimate of drug-likeness (QED) is 0.781. The molecule has 2 rings (SSSR count). The van der Waals surface area contributed by atoms with Gasteiger partial charge in [0.15, 0.2) is 0 Å². The summed E-state index contributed by atoms with van der Waals surface area (Å²) in [7, 11) is 0. The van der Waals surface area contributed by atoms with Gasteiger partial charge in [-0.1, -0.05) is 33.6 Å². The van der Waals surface area contributed by atoms with Crippen LogP contribution in [0.2, 0.25) is 0 Å². The van der Waals surface area contributed by atoms with Crippen molar-refractivity contribution in [3.63, 3.8) is 0 Å². The largest absolute Gasteiger partial charge is 0.324 e. The van der Waals surface area contributed by atoms with Gasteiger partial charge in [0.2, 0.25) is 0 Å². The summed E-state index contributed by atoms with van der Waals surface area (Å²) in [6.07, 6.45) is 5.17. The minimum absolute atomic E-state index is 0.113. The number of hydrogen-bond acceptors (Lipinski definition) is 2. The molecule has 0 bridgehead atoms. The van der Waals surface area contributed by atoms with Gasteiger partial charge in [-0.15, -0.1) is 0 Å².